The molecule has 0 amide bonds. The Hall–Kier alpha value is -0.640. The maximum absolute atomic E-state index is 13.6. The maximum atomic E-state index is 13.6. The zero-order valence-electron chi connectivity index (χ0n) is 10.7. The van der Waals surface area contributed by atoms with Crippen LogP contribution in [0.4, 0.5) is 4.39 Å². The molecule has 2 N–H and O–H groups in total. The SMILES string of the molecule is CCC(CC)C(O)C(O)Cc1c(F)cccc1Cl. The van der Waals surface area contributed by atoms with Gasteiger partial charge in [-0.1, -0.05) is 44.4 Å². The number of aliphatic hydroxyl groups is 2. The van der Waals surface area contributed by atoms with Crippen molar-refractivity contribution in [2.75, 3.05) is 0 Å². The Bertz CT molecular complexity index is 360. The third-order valence-corrected chi connectivity index (χ3v) is 3.76. The van der Waals surface area contributed by atoms with Crippen LogP contribution in [0.25, 0.3) is 0 Å². The second-order valence-corrected chi connectivity index (χ2v) is 4.95. The summed E-state index contributed by atoms with van der Waals surface area (Å²) in [4.78, 5) is 0. The Balaban J connectivity index is 2.78. The minimum atomic E-state index is -0.996. The molecule has 0 saturated carbocycles. The molecular weight excluding hydrogens is 255 g/mol. The lowest BCUT2D eigenvalue weighted by atomic mass is 9.90. The van der Waals surface area contributed by atoms with Crippen LogP contribution in [-0.2, 0) is 6.42 Å². The van der Waals surface area contributed by atoms with Crippen LogP contribution < -0.4 is 0 Å². The predicted molar refractivity (Wildman–Crippen MR) is 71.2 cm³/mol. The number of halogens is 2. The molecule has 0 saturated heterocycles. The van der Waals surface area contributed by atoms with E-state index in [4.69, 9.17) is 11.6 Å². The van der Waals surface area contributed by atoms with E-state index >= 15 is 0 Å². The summed E-state index contributed by atoms with van der Waals surface area (Å²) < 4.78 is 13.6. The minimum absolute atomic E-state index is 0.0190. The molecule has 0 aliphatic carbocycles. The molecule has 2 nitrogen and oxygen atoms in total. The van der Waals surface area contributed by atoms with E-state index in [-0.39, 0.29) is 22.9 Å². The van der Waals surface area contributed by atoms with Crippen molar-refractivity contribution in [3.63, 3.8) is 0 Å². The van der Waals surface area contributed by atoms with E-state index in [1.54, 1.807) is 6.07 Å². The van der Waals surface area contributed by atoms with Crippen LogP contribution in [0, 0.1) is 11.7 Å². The first kappa shape index (κ1) is 15.4. The van der Waals surface area contributed by atoms with Gasteiger partial charge in [-0.05, 0) is 18.1 Å². The molecular formula is C14H20ClFO2. The minimum Gasteiger partial charge on any atom is -0.390 e. The van der Waals surface area contributed by atoms with Gasteiger partial charge in [0.1, 0.15) is 5.82 Å². The van der Waals surface area contributed by atoms with Gasteiger partial charge in [-0.15, -0.1) is 0 Å². The summed E-state index contributed by atoms with van der Waals surface area (Å²) in [5.41, 5.74) is 0.261. The maximum Gasteiger partial charge on any atom is 0.127 e. The van der Waals surface area contributed by atoms with Crippen molar-refractivity contribution in [1.29, 1.82) is 0 Å². The summed E-state index contributed by atoms with van der Waals surface area (Å²) in [6.45, 7) is 3.92. The summed E-state index contributed by atoms with van der Waals surface area (Å²) in [7, 11) is 0. The molecule has 4 heteroatoms. The first-order chi connectivity index (χ1) is 8.51. The Morgan fingerprint density at radius 1 is 1.22 bits per heavy atom. The number of hydrogen-bond acceptors (Lipinski definition) is 2. The van der Waals surface area contributed by atoms with Gasteiger partial charge in [0.15, 0.2) is 0 Å². The van der Waals surface area contributed by atoms with E-state index < -0.39 is 18.0 Å². The normalized spacial score (nSPS) is 14.8. The molecule has 0 bridgehead atoms. The molecule has 102 valence electrons. The third-order valence-electron chi connectivity index (χ3n) is 3.40. The Labute approximate surface area is 112 Å². The lowest BCUT2D eigenvalue weighted by molar-refractivity contribution is -0.0191. The monoisotopic (exact) mass is 274 g/mol. The second kappa shape index (κ2) is 7.07. The average Bonchev–Trinajstić information content (AvgIpc) is 2.35. The molecule has 0 spiro atoms. The van der Waals surface area contributed by atoms with Gasteiger partial charge in [-0.2, -0.15) is 0 Å². The lowest BCUT2D eigenvalue weighted by Gasteiger charge is -2.25. The van der Waals surface area contributed by atoms with E-state index in [9.17, 15) is 14.6 Å². The zero-order valence-corrected chi connectivity index (χ0v) is 11.5. The highest BCUT2D eigenvalue weighted by Crippen LogP contribution is 2.24. The summed E-state index contributed by atoms with van der Waals surface area (Å²) in [6, 6.07) is 4.40. The number of benzene rings is 1. The first-order valence-electron chi connectivity index (χ1n) is 6.30. The van der Waals surface area contributed by atoms with Crippen molar-refractivity contribution in [2.24, 2.45) is 5.92 Å². The molecule has 2 unspecified atom stereocenters. The van der Waals surface area contributed by atoms with Gasteiger partial charge in [0.2, 0.25) is 0 Å². The highest BCUT2D eigenvalue weighted by molar-refractivity contribution is 6.31. The Morgan fingerprint density at radius 2 is 1.83 bits per heavy atom. The Kier molecular flexibility index (Phi) is 6.06. The Morgan fingerprint density at radius 3 is 2.33 bits per heavy atom. The quantitative estimate of drug-likeness (QED) is 0.836. The average molecular weight is 275 g/mol. The van der Waals surface area contributed by atoms with Crippen molar-refractivity contribution < 1.29 is 14.6 Å². The summed E-state index contributed by atoms with van der Waals surface area (Å²) in [5, 5.41) is 20.3. The topological polar surface area (TPSA) is 40.5 Å². The summed E-state index contributed by atoms with van der Waals surface area (Å²) in [6.07, 6.45) is -0.261. The van der Waals surface area contributed by atoms with E-state index in [2.05, 4.69) is 0 Å². The van der Waals surface area contributed by atoms with Crippen molar-refractivity contribution in [3.8, 4) is 0 Å². The molecule has 0 aromatic heterocycles. The van der Waals surface area contributed by atoms with Gasteiger partial charge in [-0.3, -0.25) is 0 Å². The highest BCUT2D eigenvalue weighted by Gasteiger charge is 2.25. The van der Waals surface area contributed by atoms with Crippen LogP contribution in [-0.4, -0.2) is 22.4 Å². The molecule has 0 heterocycles. The van der Waals surface area contributed by atoms with Crippen LogP contribution in [0.15, 0.2) is 18.2 Å². The molecule has 0 aliphatic rings. The van der Waals surface area contributed by atoms with Crippen molar-refractivity contribution in [2.45, 2.75) is 45.3 Å². The van der Waals surface area contributed by atoms with E-state index in [1.165, 1.54) is 12.1 Å². The molecule has 1 rings (SSSR count). The fourth-order valence-corrected chi connectivity index (χ4v) is 2.38. The van der Waals surface area contributed by atoms with Crippen molar-refractivity contribution in [1.82, 2.24) is 0 Å². The number of rotatable bonds is 6. The van der Waals surface area contributed by atoms with Crippen LogP contribution >= 0.6 is 11.6 Å². The predicted octanol–water partition coefficient (Wildman–Crippen LogP) is 3.18. The molecule has 18 heavy (non-hydrogen) atoms. The van der Waals surface area contributed by atoms with Gasteiger partial charge in [0.05, 0.1) is 12.2 Å². The van der Waals surface area contributed by atoms with Crippen molar-refractivity contribution in [3.05, 3.63) is 34.6 Å². The van der Waals surface area contributed by atoms with Crippen LogP contribution in [0.1, 0.15) is 32.3 Å². The van der Waals surface area contributed by atoms with Gasteiger partial charge in [-0.25, -0.2) is 4.39 Å². The molecule has 0 aliphatic heterocycles. The van der Waals surface area contributed by atoms with Crippen molar-refractivity contribution >= 4 is 11.6 Å². The van der Waals surface area contributed by atoms with Crippen LogP contribution in [0.2, 0.25) is 5.02 Å². The van der Waals surface area contributed by atoms with Crippen LogP contribution in [0.5, 0.6) is 0 Å². The fourth-order valence-electron chi connectivity index (χ4n) is 2.14. The highest BCUT2D eigenvalue weighted by atomic mass is 35.5. The van der Waals surface area contributed by atoms with Gasteiger partial charge in [0, 0.05) is 17.0 Å². The molecule has 1 aromatic carbocycles. The number of aliphatic hydroxyl groups excluding tert-OH is 2. The van der Waals surface area contributed by atoms with E-state index in [0.717, 1.165) is 12.8 Å². The standard InChI is InChI=1S/C14H20ClFO2/c1-3-9(4-2)14(18)13(17)8-10-11(15)6-5-7-12(10)16/h5-7,9,13-14,17-18H,3-4,8H2,1-2H3. The lowest BCUT2D eigenvalue weighted by Crippen LogP contribution is -2.34. The molecule has 1 aromatic rings. The summed E-state index contributed by atoms with van der Waals surface area (Å²) >= 11 is 5.89. The van der Waals surface area contributed by atoms with E-state index in [0.29, 0.717) is 0 Å². The van der Waals surface area contributed by atoms with Gasteiger partial charge in [0.25, 0.3) is 0 Å². The molecule has 0 fully saturated rings. The zero-order chi connectivity index (χ0) is 13.7. The number of hydrogen-bond donors (Lipinski definition) is 2. The second-order valence-electron chi connectivity index (χ2n) is 4.54. The van der Waals surface area contributed by atoms with Gasteiger partial charge < -0.3 is 10.2 Å². The first-order valence-corrected chi connectivity index (χ1v) is 6.68. The smallest absolute Gasteiger partial charge is 0.127 e. The van der Waals surface area contributed by atoms with E-state index in [1.807, 2.05) is 13.8 Å². The van der Waals surface area contributed by atoms with Crippen LogP contribution in [0.3, 0.4) is 0 Å². The largest absolute Gasteiger partial charge is 0.390 e. The third kappa shape index (κ3) is 3.67. The van der Waals surface area contributed by atoms with Gasteiger partial charge >= 0.3 is 0 Å². The fraction of sp³-hybridized carbons (Fsp3) is 0.571. The molecule has 0 radical (unpaired) electrons. The summed E-state index contributed by atoms with van der Waals surface area (Å²) in [5.74, 6) is -0.427. The molecule has 2 atom stereocenters.